The first-order valence-electron chi connectivity index (χ1n) is 20.0. The molecule has 1 aliphatic heterocycles. The summed E-state index contributed by atoms with van der Waals surface area (Å²) >= 11 is -0.809. The summed E-state index contributed by atoms with van der Waals surface area (Å²) in [5, 5.41) is 24.2. The summed E-state index contributed by atoms with van der Waals surface area (Å²) in [7, 11) is 0.682. The Labute approximate surface area is 345 Å². The molecule has 4 aromatic carbocycles. The van der Waals surface area contributed by atoms with E-state index in [4.69, 9.17) is 9.47 Å². The van der Waals surface area contributed by atoms with Crippen LogP contribution in [0.15, 0.2) is 84.9 Å². The van der Waals surface area contributed by atoms with Crippen LogP contribution in [0.25, 0.3) is 0 Å². The summed E-state index contributed by atoms with van der Waals surface area (Å²) in [4.78, 5) is 0. The fourth-order valence-electron chi connectivity index (χ4n) is 6.84. The summed E-state index contributed by atoms with van der Waals surface area (Å²) in [6, 6.07) is 28.4. The van der Waals surface area contributed by atoms with E-state index >= 15 is 0 Å². The molecule has 300 valence electrons. The monoisotopic (exact) mass is 860 g/mol. The van der Waals surface area contributed by atoms with E-state index in [1.165, 1.54) is 49.7 Å². The van der Waals surface area contributed by atoms with Gasteiger partial charge in [0.25, 0.3) is 0 Å². The van der Waals surface area contributed by atoms with Crippen LogP contribution in [0.2, 0.25) is 0 Å². The predicted molar refractivity (Wildman–Crippen MR) is 236 cm³/mol. The van der Waals surface area contributed by atoms with E-state index < -0.39 is 19.2 Å². The first-order chi connectivity index (χ1) is 26.1. The molecule has 0 radical (unpaired) electrons. The van der Waals surface area contributed by atoms with E-state index in [-0.39, 0.29) is 10.8 Å². The molecular formula is C48H66O4S2Zr-2. The van der Waals surface area contributed by atoms with Crippen LogP contribution in [0, 0.1) is 13.8 Å². The molecular weight excluding hydrogens is 796 g/mol. The Morgan fingerprint density at radius 3 is 1.25 bits per heavy atom. The van der Waals surface area contributed by atoms with E-state index in [0.29, 0.717) is 50.5 Å². The van der Waals surface area contributed by atoms with Gasteiger partial charge in [-0.25, -0.2) is 0 Å². The Morgan fingerprint density at radius 2 is 0.964 bits per heavy atom. The van der Waals surface area contributed by atoms with Gasteiger partial charge in [-0.1, -0.05) is 12.1 Å². The van der Waals surface area contributed by atoms with Gasteiger partial charge in [-0.15, -0.1) is 24.3 Å². The van der Waals surface area contributed by atoms with Crippen molar-refractivity contribution >= 4 is 14.2 Å². The molecule has 2 N–H and O–H groups in total. The van der Waals surface area contributed by atoms with E-state index in [9.17, 15) is 10.2 Å². The second kappa shape index (κ2) is 21.2. The van der Waals surface area contributed by atoms with Crippen molar-refractivity contribution < 1.29 is 38.8 Å². The minimum Gasteiger partial charge on any atom is -0.199 e. The molecule has 1 fully saturated rings. The third-order valence-electron chi connectivity index (χ3n) is 10.0. The van der Waals surface area contributed by atoms with Gasteiger partial charge in [0.05, 0.1) is 0 Å². The van der Waals surface area contributed by atoms with Crippen molar-refractivity contribution in [1.82, 2.24) is 0 Å². The third-order valence-corrected chi connectivity index (χ3v) is 31.8. The number of phenols is 2. The van der Waals surface area contributed by atoms with Gasteiger partial charge in [0, 0.05) is 0 Å². The molecule has 1 aliphatic carbocycles. The summed E-state index contributed by atoms with van der Waals surface area (Å²) in [5.41, 5.74) is 6.79. The van der Waals surface area contributed by atoms with Crippen molar-refractivity contribution in [2.24, 2.45) is 0 Å². The predicted octanol–water partition coefficient (Wildman–Crippen LogP) is 13.5. The number of aromatic hydroxyl groups is 2. The molecule has 4 nitrogen and oxygen atoms in total. The normalized spacial score (nSPS) is 19.4. The summed E-state index contributed by atoms with van der Waals surface area (Å²) in [6.07, 6.45) is 8.02. The summed E-state index contributed by atoms with van der Waals surface area (Å²) in [5.74, 6) is 3.98. The first kappa shape index (κ1) is 45.1. The van der Waals surface area contributed by atoms with Crippen LogP contribution >= 0.6 is 14.2 Å². The molecule has 2 aliphatic rings. The number of hydrogen-bond donors (Lipinski definition) is 2. The maximum absolute atomic E-state index is 11.3. The number of rotatable bonds is 8. The molecule has 0 spiro atoms. The topological polar surface area (TPSA) is 58.9 Å². The number of benzene rings is 4. The average molecular weight is 862 g/mol. The number of fused-ring (bicyclic) bond motifs is 1. The molecule has 4 atom stereocenters. The molecule has 1 heterocycles. The minimum atomic E-state index is -0.809. The van der Waals surface area contributed by atoms with Gasteiger partial charge in [0.15, 0.2) is 0 Å². The smallest absolute Gasteiger partial charge is 0.0866 e. The fraction of sp³-hybridized carbons (Fsp3) is 0.458. The van der Waals surface area contributed by atoms with Gasteiger partial charge in [-0.2, -0.15) is 49.2 Å². The average Bonchev–Trinajstić information content (AvgIpc) is 3.42. The number of ether oxygens (including phenoxy) is 2. The van der Waals surface area contributed by atoms with Crippen LogP contribution < -0.4 is 9.47 Å². The molecule has 6 rings (SSSR count). The van der Waals surface area contributed by atoms with E-state index in [1.807, 2.05) is 86.6 Å². The molecule has 0 aromatic heterocycles. The van der Waals surface area contributed by atoms with Crippen molar-refractivity contribution in [3.8, 4) is 23.0 Å². The second-order valence-corrected chi connectivity index (χ2v) is 32.2. The molecule has 4 aromatic rings. The van der Waals surface area contributed by atoms with Crippen molar-refractivity contribution in [3.05, 3.63) is 132 Å². The van der Waals surface area contributed by atoms with Crippen molar-refractivity contribution in [2.75, 3.05) is 13.2 Å². The van der Waals surface area contributed by atoms with Gasteiger partial charge in [0.1, 0.15) is 0 Å². The van der Waals surface area contributed by atoms with E-state index in [1.54, 1.807) is 0 Å². The van der Waals surface area contributed by atoms with E-state index in [0.717, 1.165) is 44.3 Å². The fourth-order valence-corrected chi connectivity index (χ4v) is 35.7. The van der Waals surface area contributed by atoms with Crippen LogP contribution in [0.1, 0.15) is 127 Å². The maximum atomic E-state index is 11.3. The van der Waals surface area contributed by atoms with Gasteiger partial charge in [0.2, 0.25) is 0 Å². The quantitative estimate of drug-likeness (QED) is 0.173. The SMILES string of the molecule is CCOc1cc(C(C)(C)C)cc(C[S]2=[Zr]=[S@@](Cc3cc(C(C)(C)C)cc(OCC)c3O)C3CCCCCC[C@@H]32)c1O.[CH2-]c1ccccc1.[CH2-]c1ccccc1. The van der Waals surface area contributed by atoms with Gasteiger partial charge in [-0.3, -0.25) is 0 Å². The molecule has 55 heavy (non-hydrogen) atoms. The summed E-state index contributed by atoms with van der Waals surface area (Å²) < 4.78 is 11.9. The molecule has 0 saturated heterocycles. The van der Waals surface area contributed by atoms with Crippen molar-refractivity contribution in [2.45, 2.75) is 127 Å². The van der Waals surface area contributed by atoms with Crippen LogP contribution in [-0.2, 0) is 41.5 Å². The Hall–Kier alpha value is -2.60. The van der Waals surface area contributed by atoms with Crippen LogP contribution in [0.4, 0.5) is 0 Å². The number of hydrogen-bond acceptors (Lipinski definition) is 4. The zero-order chi connectivity index (χ0) is 40.2. The Bertz CT molecular complexity index is 1750. The molecule has 7 heteroatoms. The zero-order valence-electron chi connectivity index (χ0n) is 34.8. The van der Waals surface area contributed by atoms with Crippen molar-refractivity contribution in [1.29, 1.82) is 0 Å². The first-order valence-corrected chi connectivity index (χ1v) is 28.9. The second-order valence-electron chi connectivity index (χ2n) is 16.6. The van der Waals surface area contributed by atoms with Crippen molar-refractivity contribution in [3.63, 3.8) is 0 Å². The zero-order valence-corrected chi connectivity index (χ0v) is 38.8. The standard InChI is InChI=1S/C34H52O4S2.2C7H7.Zr/c1-9-37-27-19-25(33(3,4)5)17-23(31(27)35)21-39-29-15-13-11-12-14-16-30(29)40-22-24-18-26(34(6,7)8)20-28(32(24)36)38-10-2;2*1-7-5-3-2-4-6-7;/h17-20,29-30,35-36H,9-16,21-22H2,1-8H3;2*2-6H,1H2;/q;2*-1;/t29-,30?;;;/m0.../s1. The van der Waals surface area contributed by atoms with Crippen LogP contribution in [0.3, 0.4) is 0 Å². The maximum Gasteiger partial charge on any atom is -0.0866 e. The largest absolute Gasteiger partial charge is 0.199 e. The molecule has 0 bridgehead atoms. The Balaban J connectivity index is 0.000000398. The van der Waals surface area contributed by atoms with Gasteiger partial charge < -0.3 is 0 Å². The van der Waals surface area contributed by atoms with E-state index in [2.05, 4.69) is 67.5 Å². The summed E-state index contributed by atoms with van der Waals surface area (Å²) in [6.45, 7) is 26.0. The number of phenolic OH excluding ortho intramolecular Hbond substituents is 2. The van der Waals surface area contributed by atoms with Crippen LogP contribution in [-0.4, -0.2) is 33.9 Å². The third kappa shape index (κ3) is 13.5. The molecule has 0 amide bonds. The van der Waals surface area contributed by atoms with Crippen LogP contribution in [0.5, 0.6) is 23.0 Å². The Kier molecular flexibility index (Phi) is 17.4. The Morgan fingerprint density at radius 1 is 0.600 bits per heavy atom. The minimum absolute atomic E-state index is 0.00595. The molecule has 2 unspecified atom stereocenters. The molecule has 1 saturated carbocycles. The van der Waals surface area contributed by atoms with Gasteiger partial charge in [-0.05, 0) is 0 Å². The van der Waals surface area contributed by atoms with Gasteiger partial charge >= 0.3 is 263 Å².